The highest BCUT2D eigenvalue weighted by Crippen LogP contribution is 2.48. The molecule has 0 aliphatic heterocycles. The van der Waals surface area contributed by atoms with E-state index in [0.29, 0.717) is 0 Å². The smallest absolute Gasteiger partial charge is 0.144 e. The fourth-order valence-electron chi connectivity index (χ4n) is 9.27. The minimum absolute atomic E-state index is 0.833. The fraction of sp³-hybridized carbons (Fsp3) is 0. The van der Waals surface area contributed by atoms with Gasteiger partial charge in [-0.2, -0.15) is 0 Å². The first-order chi connectivity index (χ1) is 27.2. The molecule has 0 saturated carbocycles. The molecule has 0 atom stereocenters. The molecule has 3 heteroatoms. The maximum Gasteiger partial charge on any atom is 0.144 e. The third kappa shape index (κ3) is 3.99. The summed E-state index contributed by atoms with van der Waals surface area (Å²) in [6.07, 6.45) is 0. The normalized spacial score (nSPS) is 12.4. The van der Waals surface area contributed by atoms with Crippen molar-refractivity contribution in [1.82, 2.24) is 0 Å². The summed E-state index contributed by atoms with van der Waals surface area (Å²) < 4.78 is 20.9. The van der Waals surface area contributed by atoms with Crippen LogP contribution in [-0.4, -0.2) is 0 Å². The Morgan fingerprint density at radius 2 is 0.618 bits per heavy atom. The number of benzene rings is 10. The fourth-order valence-corrected chi connectivity index (χ4v) is 9.27. The van der Waals surface area contributed by atoms with Crippen LogP contribution >= 0.6 is 0 Å². The molecule has 0 radical (unpaired) electrons. The molecule has 0 bridgehead atoms. The highest BCUT2D eigenvalue weighted by Gasteiger charge is 2.23. The molecule has 55 heavy (non-hydrogen) atoms. The van der Waals surface area contributed by atoms with Crippen LogP contribution in [0.2, 0.25) is 0 Å². The first-order valence-electron chi connectivity index (χ1n) is 18.7. The second-order valence-corrected chi connectivity index (χ2v) is 14.8. The van der Waals surface area contributed by atoms with Gasteiger partial charge in [0.1, 0.15) is 33.5 Å². The molecule has 0 aliphatic carbocycles. The third-order valence-corrected chi connectivity index (χ3v) is 11.8. The zero-order valence-electron chi connectivity index (χ0n) is 29.4. The number of para-hydroxylation sites is 2. The summed E-state index contributed by atoms with van der Waals surface area (Å²) in [5, 5.41) is 16.0. The molecule has 3 nitrogen and oxygen atoms in total. The minimum atomic E-state index is 0.833. The number of fused-ring (bicyclic) bond motifs is 15. The molecule has 0 unspecified atom stereocenters. The summed E-state index contributed by atoms with van der Waals surface area (Å²) in [5.74, 6) is 0. The van der Waals surface area contributed by atoms with Crippen LogP contribution in [0, 0.1) is 0 Å². The first-order valence-corrected chi connectivity index (χ1v) is 18.7. The molecule has 3 heterocycles. The van der Waals surface area contributed by atoms with Gasteiger partial charge in [0.05, 0.1) is 0 Å². The van der Waals surface area contributed by atoms with Crippen LogP contribution in [0.4, 0.5) is 0 Å². The Hall–Kier alpha value is -7.36. The molecule has 10 aromatic carbocycles. The summed E-state index contributed by atoms with van der Waals surface area (Å²) in [6.45, 7) is 0. The van der Waals surface area contributed by atoms with E-state index in [4.69, 9.17) is 13.3 Å². The first kappa shape index (κ1) is 29.1. The van der Waals surface area contributed by atoms with E-state index in [1.54, 1.807) is 0 Å². The highest BCUT2D eigenvalue weighted by molar-refractivity contribution is 6.27. The number of rotatable bonds is 2. The maximum absolute atomic E-state index is 7.14. The highest BCUT2D eigenvalue weighted by atomic mass is 16.3. The maximum atomic E-state index is 7.14. The average Bonchev–Trinajstić information content (AvgIpc) is 3.93. The number of hydrogen-bond donors (Lipinski definition) is 0. The zero-order valence-corrected chi connectivity index (χ0v) is 29.4. The van der Waals surface area contributed by atoms with Gasteiger partial charge in [0.15, 0.2) is 0 Å². The van der Waals surface area contributed by atoms with E-state index in [1.165, 1.54) is 21.5 Å². The molecule has 13 aromatic rings. The molecular weight excluding hydrogens is 673 g/mol. The van der Waals surface area contributed by atoms with Crippen LogP contribution in [-0.2, 0) is 0 Å². The van der Waals surface area contributed by atoms with Crippen molar-refractivity contribution in [2.24, 2.45) is 0 Å². The molecule has 0 spiro atoms. The van der Waals surface area contributed by atoms with Crippen molar-refractivity contribution in [3.8, 4) is 22.3 Å². The zero-order chi connectivity index (χ0) is 35.8. The van der Waals surface area contributed by atoms with E-state index in [1.807, 2.05) is 0 Å². The van der Waals surface area contributed by atoms with E-state index < -0.39 is 0 Å². The van der Waals surface area contributed by atoms with Gasteiger partial charge in [-0.1, -0.05) is 133 Å². The van der Waals surface area contributed by atoms with E-state index >= 15 is 0 Å². The van der Waals surface area contributed by atoms with Crippen molar-refractivity contribution in [3.63, 3.8) is 0 Å². The van der Waals surface area contributed by atoms with Crippen LogP contribution in [0.5, 0.6) is 0 Å². The molecule has 13 rings (SSSR count). The lowest BCUT2D eigenvalue weighted by molar-refractivity contribution is 0.664. The van der Waals surface area contributed by atoms with Crippen molar-refractivity contribution in [2.75, 3.05) is 0 Å². The predicted octanol–water partition coefficient (Wildman–Crippen LogP) is 15.3. The summed E-state index contributed by atoms with van der Waals surface area (Å²) in [6, 6.07) is 60.5. The third-order valence-electron chi connectivity index (χ3n) is 11.8. The Morgan fingerprint density at radius 3 is 1.07 bits per heavy atom. The topological polar surface area (TPSA) is 39.4 Å². The van der Waals surface area contributed by atoms with Crippen molar-refractivity contribution < 1.29 is 13.3 Å². The second kappa shape index (κ2) is 10.6. The van der Waals surface area contributed by atoms with Crippen LogP contribution in [0.3, 0.4) is 0 Å². The van der Waals surface area contributed by atoms with Gasteiger partial charge in [0.25, 0.3) is 0 Å². The van der Waals surface area contributed by atoms with Crippen molar-refractivity contribution in [1.29, 1.82) is 0 Å². The summed E-state index contributed by atoms with van der Waals surface area (Å²) >= 11 is 0. The van der Waals surface area contributed by atoms with Crippen LogP contribution < -0.4 is 0 Å². The molecule has 0 saturated heterocycles. The Morgan fingerprint density at radius 1 is 0.236 bits per heavy atom. The minimum Gasteiger partial charge on any atom is -0.455 e. The number of furan rings is 3. The Kier molecular flexibility index (Phi) is 5.63. The molecule has 3 aromatic heterocycles. The van der Waals surface area contributed by atoms with Gasteiger partial charge >= 0.3 is 0 Å². The summed E-state index contributed by atoms with van der Waals surface area (Å²) in [4.78, 5) is 0. The van der Waals surface area contributed by atoms with Gasteiger partial charge in [-0.25, -0.2) is 0 Å². The Balaban J connectivity index is 1.11. The van der Waals surface area contributed by atoms with E-state index in [0.717, 1.165) is 110 Å². The van der Waals surface area contributed by atoms with Gasteiger partial charge in [0, 0.05) is 54.6 Å². The second-order valence-electron chi connectivity index (χ2n) is 14.8. The SMILES string of the molecule is c1ccc2cc3c(cc2c1)oc1c(-c2cccc4c2oc2c(-c5cc6ccccc6c6c5oc5cc7ccccc7cc56)cccc24)cc2ccccc2c13. The van der Waals surface area contributed by atoms with Crippen molar-refractivity contribution >= 4 is 109 Å². The van der Waals surface area contributed by atoms with Crippen LogP contribution in [0.1, 0.15) is 0 Å². The van der Waals surface area contributed by atoms with Gasteiger partial charge in [0.2, 0.25) is 0 Å². The van der Waals surface area contributed by atoms with Crippen molar-refractivity contribution in [2.45, 2.75) is 0 Å². The van der Waals surface area contributed by atoms with E-state index in [-0.39, 0.29) is 0 Å². The molecule has 0 amide bonds. The summed E-state index contributed by atoms with van der Waals surface area (Å²) in [7, 11) is 0. The van der Waals surface area contributed by atoms with Crippen LogP contribution in [0.15, 0.2) is 183 Å². The largest absolute Gasteiger partial charge is 0.455 e. The van der Waals surface area contributed by atoms with E-state index in [9.17, 15) is 0 Å². The molecule has 0 fully saturated rings. The van der Waals surface area contributed by atoms with Crippen LogP contribution in [0.25, 0.3) is 131 Å². The number of hydrogen-bond acceptors (Lipinski definition) is 3. The lowest BCUT2D eigenvalue weighted by Gasteiger charge is -2.08. The van der Waals surface area contributed by atoms with Gasteiger partial charge in [-0.05, 0) is 79.5 Å². The quantitative estimate of drug-likeness (QED) is 0.180. The van der Waals surface area contributed by atoms with Gasteiger partial charge < -0.3 is 13.3 Å². The molecule has 0 aliphatic rings. The van der Waals surface area contributed by atoms with Gasteiger partial charge in [-0.15, -0.1) is 0 Å². The molecular formula is C52H28O3. The monoisotopic (exact) mass is 700 g/mol. The average molecular weight is 701 g/mol. The molecule has 254 valence electrons. The molecule has 0 N–H and O–H groups in total. The van der Waals surface area contributed by atoms with Crippen molar-refractivity contribution in [3.05, 3.63) is 170 Å². The lowest BCUT2D eigenvalue weighted by Crippen LogP contribution is -1.83. The Labute approximate surface area is 313 Å². The standard InChI is InChI=1S/C52H28O3/c1-3-13-31-27-45-43(23-29(31)11-1)47-35-17-7-5-15-33(35)25-41(51(47)53-45)39-21-9-19-37-38-20-10-22-40(50(38)55-49(37)39)42-26-34-16-6-8-18-36(34)48-44-24-30-12-2-4-14-32(30)28-46(44)54-52(42)48/h1-28H. The predicted molar refractivity (Wildman–Crippen MR) is 229 cm³/mol. The lowest BCUT2D eigenvalue weighted by atomic mass is 9.94. The van der Waals surface area contributed by atoms with Gasteiger partial charge in [-0.3, -0.25) is 0 Å². The summed E-state index contributed by atoms with van der Waals surface area (Å²) in [5.41, 5.74) is 9.17. The van der Waals surface area contributed by atoms with E-state index in [2.05, 4.69) is 170 Å². The Bertz CT molecular complexity index is 3530.